The van der Waals surface area contributed by atoms with Crippen LogP contribution >= 0.6 is 0 Å². The van der Waals surface area contributed by atoms with Crippen molar-refractivity contribution in [3.8, 4) is 5.75 Å². The van der Waals surface area contributed by atoms with Gasteiger partial charge in [-0.2, -0.15) is 0 Å². The van der Waals surface area contributed by atoms with Crippen LogP contribution in [0, 0.1) is 5.41 Å². The quantitative estimate of drug-likeness (QED) is 0.647. The van der Waals surface area contributed by atoms with E-state index < -0.39 is 0 Å². The number of fused-ring (bicyclic) bond motifs is 4. The van der Waals surface area contributed by atoms with Gasteiger partial charge in [-0.1, -0.05) is 26.3 Å². The Morgan fingerprint density at radius 3 is 2.86 bits per heavy atom. The van der Waals surface area contributed by atoms with Gasteiger partial charge >= 0.3 is 0 Å². The first-order valence-corrected chi connectivity index (χ1v) is 8.45. The molecule has 2 heteroatoms. The van der Waals surface area contributed by atoms with Gasteiger partial charge in [0, 0.05) is 16.9 Å². The van der Waals surface area contributed by atoms with E-state index in [2.05, 4.69) is 20.8 Å². The molecule has 0 amide bonds. The Bertz CT molecular complexity index is 776. The van der Waals surface area contributed by atoms with E-state index in [-0.39, 0.29) is 5.41 Å². The van der Waals surface area contributed by atoms with Crippen LogP contribution in [-0.4, -0.2) is 5.11 Å². The Labute approximate surface area is 131 Å². The third-order valence-corrected chi connectivity index (χ3v) is 5.69. The van der Waals surface area contributed by atoms with Gasteiger partial charge in [0.2, 0.25) is 0 Å². The average molecular weight is 296 g/mol. The fourth-order valence-electron chi connectivity index (χ4n) is 4.44. The van der Waals surface area contributed by atoms with Crippen LogP contribution in [0.4, 0.5) is 0 Å². The number of phenolic OH excluding ortho intramolecular Hbond substituents is 1. The molecule has 4 rings (SSSR count). The van der Waals surface area contributed by atoms with Crippen LogP contribution in [-0.2, 0) is 0 Å². The van der Waals surface area contributed by atoms with Gasteiger partial charge in [-0.3, -0.25) is 0 Å². The second kappa shape index (κ2) is 4.65. The number of phenols is 1. The maximum Gasteiger partial charge on any atom is 0.135 e. The van der Waals surface area contributed by atoms with Crippen molar-refractivity contribution in [2.75, 3.05) is 0 Å². The largest absolute Gasteiger partial charge is 0.508 e. The van der Waals surface area contributed by atoms with Gasteiger partial charge in [0.25, 0.3) is 0 Å². The summed E-state index contributed by atoms with van der Waals surface area (Å²) in [5.74, 6) is 1.89. The van der Waals surface area contributed by atoms with Crippen LogP contribution in [0.15, 0.2) is 28.2 Å². The van der Waals surface area contributed by atoms with E-state index in [9.17, 15) is 5.11 Å². The lowest BCUT2D eigenvalue weighted by molar-refractivity contribution is 0.364. The minimum atomic E-state index is 0.287. The smallest absolute Gasteiger partial charge is 0.135 e. The molecule has 0 aliphatic heterocycles. The van der Waals surface area contributed by atoms with Gasteiger partial charge in [-0.25, -0.2) is 0 Å². The highest BCUT2D eigenvalue weighted by molar-refractivity contribution is 5.95. The fraction of sp³-hybridized carbons (Fsp3) is 0.500. The molecule has 0 bridgehead atoms. The molecule has 0 spiro atoms. The molecule has 0 saturated heterocycles. The zero-order chi connectivity index (χ0) is 15.5. The summed E-state index contributed by atoms with van der Waals surface area (Å²) in [5, 5.41) is 11.0. The van der Waals surface area contributed by atoms with E-state index in [1.54, 1.807) is 11.6 Å². The zero-order valence-corrected chi connectivity index (χ0v) is 13.7. The highest BCUT2D eigenvalue weighted by Gasteiger charge is 2.35. The number of allylic oxidation sites excluding steroid dienone is 2. The minimum absolute atomic E-state index is 0.287. The van der Waals surface area contributed by atoms with Crippen molar-refractivity contribution < 1.29 is 9.52 Å². The molecule has 2 aliphatic rings. The minimum Gasteiger partial charge on any atom is -0.508 e. The lowest BCUT2D eigenvalue weighted by atomic mass is 9.70. The molecule has 1 atom stereocenters. The molecule has 1 heterocycles. The van der Waals surface area contributed by atoms with Gasteiger partial charge < -0.3 is 9.52 Å². The summed E-state index contributed by atoms with van der Waals surface area (Å²) in [4.78, 5) is 0. The first-order chi connectivity index (χ1) is 10.5. The molecule has 1 aromatic heterocycles. The van der Waals surface area contributed by atoms with E-state index >= 15 is 0 Å². The molecule has 1 aromatic carbocycles. The van der Waals surface area contributed by atoms with Crippen molar-refractivity contribution in [3.05, 3.63) is 35.1 Å². The molecule has 116 valence electrons. The van der Waals surface area contributed by atoms with E-state index in [1.807, 2.05) is 12.1 Å². The third kappa shape index (κ3) is 1.93. The van der Waals surface area contributed by atoms with Crippen molar-refractivity contribution in [1.29, 1.82) is 0 Å². The number of hydrogen-bond acceptors (Lipinski definition) is 2. The lowest BCUT2D eigenvalue weighted by Gasteiger charge is -2.35. The molecule has 2 nitrogen and oxygen atoms in total. The Morgan fingerprint density at radius 2 is 2.05 bits per heavy atom. The molecular formula is C20H24O2. The summed E-state index contributed by atoms with van der Waals surface area (Å²) in [5.41, 5.74) is 5.61. The number of benzene rings is 1. The Morgan fingerprint density at radius 1 is 1.23 bits per heavy atom. The number of furan rings is 1. The van der Waals surface area contributed by atoms with E-state index in [0.717, 1.165) is 29.6 Å². The maximum atomic E-state index is 9.93. The molecule has 22 heavy (non-hydrogen) atoms. The standard InChI is InChI=1S/C20H24O2/c1-12-6-8-16-14(5-4-10-20(16,2)3)18-15-11-13(21)7-9-17(15)22-19(12)18/h7,9,11-12,21H,4-6,8,10H2,1-3H3/t12-/m0/s1. The molecule has 0 fully saturated rings. The molecular weight excluding hydrogens is 272 g/mol. The number of rotatable bonds is 0. The van der Waals surface area contributed by atoms with Gasteiger partial charge in [0.1, 0.15) is 17.1 Å². The highest BCUT2D eigenvalue weighted by atomic mass is 16.3. The highest BCUT2D eigenvalue weighted by Crippen LogP contribution is 2.52. The van der Waals surface area contributed by atoms with Crippen LogP contribution in [0.2, 0.25) is 0 Å². The Balaban J connectivity index is 2.06. The van der Waals surface area contributed by atoms with E-state index in [1.165, 1.54) is 30.4 Å². The first-order valence-electron chi connectivity index (χ1n) is 8.45. The molecule has 0 radical (unpaired) electrons. The summed E-state index contributed by atoms with van der Waals surface area (Å²) < 4.78 is 6.21. The van der Waals surface area contributed by atoms with Crippen molar-refractivity contribution in [2.24, 2.45) is 5.41 Å². The van der Waals surface area contributed by atoms with Crippen LogP contribution in [0.3, 0.4) is 0 Å². The van der Waals surface area contributed by atoms with Gasteiger partial charge in [-0.15, -0.1) is 0 Å². The van der Waals surface area contributed by atoms with Crippen molar-refractivity contribution in [2.45, 2.75) is 58.8 Å². The Kier molecular flexibility index (Phi) is 2.94. The predicted octanol–water partition coefficient (Wildman–Crippen LogP) is 6.00. The normalized spacial score (nSPS) is 24.0. The topological polar surface area (TPSA) is 33.4 Å². The average Bonchev–Trinajstić information content (AvgIpc) is 2.76. The summed E-state index contributed by atoms with van der Waals surface area (Å²) in [6.45, 7) is 7.04. The molecule has 0 unspecified atom stereocenters. The maximum absolute atomic E-state index is 9.93. The molecule has 2 aromatic rings. The Hall–Kier alpha value is -1.70. The summed E-state index contributed by atoms with van der Waals surface area (Å²) in [6, 6.07) is 5.50. The van der Waals surface area contributed by atoms with Crippen LogP contribution in [0.1, 0.15) is 70.1 Å². The fourth-order valence-corrected chi connectivity index (χ4v) is 4.44. The van der Waals surface area contributed by atoms with Crippen LogP contribution < -0.4 is 0 Å². The predicted molar refractivity (Wildman–Crippen MR) is 90.1 cm³/mol. The summed E-state index contributed by atoms with van der Waals surface area (Å²) in [6.07, 6.45) is 5.99. The van der Waals surface area contributed by atoms with Gasteiger partial charge in [-0.05, 0) is 61.3 Å². The zero-order valence-electron chi connectivity index (χ0n) is 13.7. The van der Waals surface area contributed by atoms with E-state index in [0.29, 0.717) is 11.7 Å². The number of aromatic hydroxyl groups is 1. The van der Waals surface area contributed by atoms with Crippen molar-refractivity contribution in [3.63, 3.8) is 0 Å². The summed E-state index contributed by atoms with van der Waals surface area (Å²) in [7, 11) is 0. The van der Waals surface area contributed by atoms with Crippen LogP contribution in [0.25, 0.3) is 16.5 Å². The van der Waals surface area contributed by atoms with Crippen molar-refractivity contribution >= 4 is 16.5 Å². The number of hydrogen-bond donors (Lipinski definition) is 1. The monoisotopic (exact) mass is 296 g/mol. The first kappa shape index (κ1) is 13.9. The van der Waals surface area contributed by atoms with Crippen LogP contribution in [0.5, 0.6) is 5.75 Å². The SMILES string of the molecule is C[C@H]1CCC2=C(CCCC2(C)C)c2c1oc1ccc(O)cc21. The third-order valence-electron chi connectivity index (χ3n) is 5.69. The van der Waals surface area contributed by atoms with Gasteiger partial charge in [0.15, 0.2) is 0 Å². The molecule has 1 N–H and O–H groups in total. The van der Waals surface area contributed by atoms with Gasteiger partial charge in [0.05, 0.1) is 0 Å². The molecule has 2 aliphatic carbocycles. The van der Waals surface area contributed by atoms with E-state index in [4.69, 9.17) is 4.42 Å². The van der Waals surface area contributed by atoms with Crippen molar-refractivity contribution in [1.82, 2.24) is 0 Å². The second-order valence-corrected chi connectivity index (χ2v) is 7.66. The summed E-state index contributed by atoms with van der Waals surface area (Å²) >= 11 is 0. The second-order valence-electron chi connectivity index (χ2n) is 7.66. The molecule has 0 saturated carbocycles. The lowest BCUT2D eigenvalue weighted by Crippen LogP contribution is -2.20.